The molecule has 10 heteroatoms. The lowest BCUT2D eigenvalue weighted by Gasteiger charge is -2.14. The second kappa shape index (κ2) is 9.95. The van der Waals surface area contributed by atoms with Crippen LogP contribution in [-0.2, 0) is 20.7 Å². The number of thioether (sulfide) groups is 1. The van der Waals surface area contributed by atoms with Crippen molar-refractivity contribution in [2.24, 2.45) is 0 Å². The predicted molar refractivity (Wildman–Crippen MR) is 121 cm³/mol. The Morgan fingerprint density at radius 3 is 2.48 bits per heavy atom. The topological polar surface area (TPSA) is 111 Å². The van der Waals surface area contributed by atoms with E-state index in [1.807, 2.05) is 12.1 Å². The van der Waals surface area contributed by atoms with Crippen LogP contribution >= 0.6 is 11.8 Å². The van der Waals surface area contributed by atoms with Crippen molar-refractivity contribution < 1.29 is 33.4 Å². The number of nitrogens with zero attached hydrogens (tertiary/aromatic N) is 1. The van der Waals surface area contributed by atoms with Crippen LogP contribution in [0.1, 0.15) is 22.8 Å². The monoisotopic (exact) mass is 470 g/mol. The van der Waals surface area contributed by atoms with Crippen molar-refractivity contribution in [2.45, 2.75) is 24.7 Å². The fraction of sp³-hybridized carbons (Fsp3) is 0.304. The Balaban J connectivity index is 1.28. The van der Waals surface area contributed by atoms with Gasteiger partial charge < -0.3 is 14.2 Å². The third-order valence-electron chi connectivity index (χ3n) is 5.11. The first kappa shape index (κ1) is 22.7. The van der Waals surface area contributed by atoms with Crippen LogP contribution in [0.15, 0.2) is 48.5 Å². The molecule has 0 aliphatic carbocycles. The maximum Gasteiger partial charge on any atom is 0.414 e. The third-order valence-corrected chi connectivity index (χ3v) is 6.09. The van der Waals surface area contributed by atoms with E-state index in [0.717, 1.165) is 17.3 Å². The molecule has 4 rings (SSSR count). The normalized spacial score (nSPS) is 19.9. The Labute approximate surface area is 194 Å². The third kappa shape index (κ3) is 5.46. The molecule has 0 aromatic heterocycles. The Morgan fingerprint density at radius 2 is 1.85 bits per heavy atom. The molecule has 9 nitrogen and oxygen atoms in total. The Bertz CT molecular complexity index is 1060. The van der Waals surface area contributed by atoms with Crippen LogP contribution in [0.5, 0.6) is 5.75 Å². The van der Waals surface area contributed by atoms with E-state index in [9.17, 15) is 19.2 Å². The summed E-state index contributed by atoms with van der Waals surface area (Å²) in [6.45, 7) is 2.53. The summed E-state index contributed by atoms with van der Waals surface area (Å²) in [6, 6.07) is 13.8. The van der Waals surface area contributed by atoms with Gasteiger partial charge in [0.15, 0.2) is 6.10 Å². The number of rotatable bonds is 8. The number of amides is 3. The van der Waals surface area contributed by atoms with Crippen LogP contribution in [0.4, 0.5) is 15.3 Å². The number of anilines is 1. The van der Waals surface area contributed by atoms with Gasteiger partial charge in [0.05, 0.1) is 24.0 Å². The van der Waals surface area contributed by atoms with Crippen molar-refractivity contribution in [3.8, 4) is 5.75 Å². The van der Waals surface area contributed by atoms with Gasteiger partial charge in [-0.05, 0) is 55.3 Å². The predicted octanol–water partition coefficient (Wildman–Crippen LogP) is 3.16. The highest BCUT2D eigenvalue weighted by Crippen LogP contribution is 2.25. The molecule has 2 aliphatic rings. The molecular weight excluding hydrogens is 448 g/mol. The van der Waals surface area contributed by atoms with Crippen LogP contribution in [0.3, 0.4) is 0 Å². The molecule has 2 aromatic carbocycles. The van der Waals surface area contributed by atoms with Gasteiger partial charge in [-0.1, -0.05) is 23.9 Å². The molecule has 2 aliphatic heterocycles. The maximum absolute atomic E-state index is 12.3. The summed E-state index contributed by atoms with van der Waals surface area (Å²) >= 11 is 0.996. The van der Waals surface area contributed by atoms with E-state index in [4.69, 9.17) is 14.2 Å². The fourth-order valence-electron chi connectivity index (χ4n) is 3.46. The van der Waals surface area contributed by atoms with Crippen molar-refractivity contribution in [3.05, 3.63) is 59.7 Å². The molecule has 1 N–H and O–H groups in total. The lowest BCUT2D eigenvalue weighted by Crippen LogP contribution is -2.26. The first-order chi connectivity index (χ1) is 15.9. The number of cyclic esters (lactones) is 1. The zero-order valence-electron chi connectivity index (χ0n) is 17.8. The molecule has 0 bridgehead atoms. The van der Waals surface area contributed by atoms with E-state index in [1.165, 1.54) is 4.90 Å². The van der Waals surface area contributed by atoms with E-state index in [2.05, 4.69) is 5.32 Å². The number of benzene rings is 2. The summed E-state index contributed by atoms with van der Waals surface area (Å²) in [5.41, 5.74) is 1.94. The number of ether oxygens (including phenoxy) is 3. The number of carbonyl (C=O) groups excluding carboxylic acids is 4. The molecule has 2 unspecified atom stereocenters. The average molecular weight is 471 g/mol. The van der Waals surface area contributed by atoms with Crippen LogP contribution in [0.25, 0.3) is 0 Å². The maximum atomic E-state index is 12.3. The Kier molecular flexibility index (Phi) is 6.83. The molecule has 3 amide bonds. The Morgan fingerprint density at radius 1 is 1.12 bits per heavy atom. The van der Waals surface area contributed by atoms with E-state index in [1.54, 1.807) is 43.3 Å². The smallest absolute Gasteiger partial charge is 0.414 e. The largest absolute Gasteiger partial charge is 0.490 e. The lowest BCUT2D eigenvalue weighted by molar-refractivity contribution is -0.118. The van der Waals surface area contributed by atoms with E-state index in [-0.39, 0.29) is 17.8 Å². The first-order valence-electron chi connectivity index (χ1n) is 10.4. The highest BCUT2D eigenvalue weighted by molar-refractivity contribution is 8.15. The van der Waals surface area contributed by atoms with E-state index in [0.29, 0.717) is 36.6 Å². The van der Waals surface area contributed by atoms with Gasteiger partial charge in [-0.25, -0.2) is 9.59 Å². The van der Waals surface area contributed by atoms with Crippen molar-refractivity contribution in [3.63, 3.8) is 0 Å². The van der Waals surface area contributed by atoms with Gasteiger partial charge in [0, 0.05) is 5.69 Å². The van der Waals surface area contributed by atoms with Gasteiger partial charge in [-0.3, -0.25) is 19.8 Å². The van der Waals surface area contributed by atoms with Crippen molar-refractivity contribution in [2.75, 3.05) is 24.7 Å². The highest BCUT2D eigenvalue weighted by Gasteiger charge is 2.33. The van der Waals surface area contributed by atoms with Crippen LogP contribution in [0.2, 0.25) is 0 Å². The standard InChI is InChI=1S/C23H22N2O7S/c1-2-30-21(27)15-5-7-16(8-6-15)25-12-18(32-23(25)29)13-31-17-9-3-14(4-10-17)11-19-20(26)24-22(28)33-19/h3-10,18-19H,2,11-13H2,1H3,(H,24,26,28). The molecule has 0 saturated carbocycles. The minimum atomic E-state index is -0.482. The molecule has 2 saturated heterocycles. The van der Waals surface area contributed by atoms with Gasteiger partial charge in [0.25, 0.3) is 5.24 Å². The molecule has 2 aromatic rings. The number of esters is 1. The fourth-order valence-corrected chi connectivity index (χ4v) is 4.32. The van der Waals surface area contributed by atoms with Gasteiger partial charge in [-0.2, -0.15) is 0 Å². The summed E-state index contributed by atoms with van der Waals surface area (Å²) < 4.78 is 16.1. The summed E-state index contributed by atoms with van der Waals surface area (Å²) in [5.74, 6) is -0.0794. The lowest BCUT2D eigenvalue weighted by atomic mass is 10.1. The summed E-state index contributed by atoms with van der Waals surface area (Å²) in [7, 11) is 0. The van der Waals surface area contributed by atoms with Crippen molar-refractivity contribution in [1.29, 1.82) is 0 Å². The summed E-state index contributed by atoms with van der Waals surface area (Å²) in [5, 5.41) is 1.54. The molecule has 33 heavy (non-hydrogen) atoms. The van der Waals surface area contributed by atoms with E-state index >= 15 is 0 Å². The SMILES string of the molecule is CCOC(=O)c1ccc(N2CC(COc3ccc(CC4SC(=O)NC4=O)cc3)OC2=O)cc1. The average Bonchev–Trinajstić information content (AvgIpc) is 3.34. The van der Waals surface area contributed by atoms with Gasteiger partial charge in [0.1, 0.15) is 12.4 Å². The molecular formula is C23H22N2O7S. The number of hydrogen-bond acceptors (Lipinski definition) is 8. The minimum absolute atomic E-state index is 0.178. The van der Waals surface area contributed by atoms with Crippen LogP contribution in [0, 0.1) is 0 Å². The minimum Gasteiger partial charge on any atom is -0.490 e. The number of nitrogens with one attached hydrogen (secondary N) is 1. The molecule has 2 atom stereocenters. The van der Waals surface area contributed by atoms with Crippen LogP contribution in [-0.4, -0.2) is 54.3 Å². The molecule has 2 heterocycles. The first-order valence-corrected chi connectivity index (χ1v) is 11.3. The molecule has 2 fully saturated rings. The number of imide groups is 1. The second-order valence-corrected chi connectivity index (χ2v) is 8.60. The number of hydrogen-bond donors (Lipinski definition) is 1. The van der Waals surface area contributed by atoms with Gasteiger partial charge >= 0.3 is 12.1 Å². The zero-order chi connectivity index (χ0) is 23.4. The molecule has 0 spiro atoms. The molecule has 0 radical (unpaired) electrons. The summed E-state index contributed by atoms with van der Waals surface area (Å²) in [6.07, 6.45) is -0.483. The van der Waals surface area contributed by atoms with Gasteiger partial charge in [0.2, 0.25) is 5.91 Å². The number of carbonyl (C=O) groups is 4. The molecule has 172 valence electrons. The van der Waals surface area contributed by atoms with Crippen molar-refractivity contribution >= 4 is 40.7 Å². The zero-order valence-corrected chi connectivity index (χ0v) is 18.6. The van der Waals surface area contributed by atoms with E-state index < -0.39 is 23.4 Å². The quantitative estimate of drug-likeness (QED) is 0.586. The van der Waals surface area contributed by atoms with Crippen molar-refractivity contribution in [1.82, 2.24) is 5.32 Å². The Hall–Kier alpha value is -3.53. The summed E-state index contributed by atoms with van der Waals surface area (Å²) in [4.78, 5) is 48.5. The van der Waals surface area contributed by atoms with Gasteiger partial charge in [-0.15, -0.1) is 0 Å². The highest BCUT2D eigenvalue weighted by atomic mass is 32.2. The second-order valence-electron chi connectivity index (χ2n) is 7.43. The van der Waals surface area contributed by atoms with Crippen LogP contribution < -0.4 is 15.0 Å².